The van der Waals surface area contributed by atoms with Crippen molar-refractivity contribution in [2.75, 3.05) is 12.3 Å². The van der Waals surface area contributed by atoms with Crippen LogP contribution in [0.15, 0.2) is 42.5 Å². The minimum absolute atomic E-state index is 0. The number of halogens is 1. The molecule has 22 heavy (non-hydrogen) atoms. The Morgan fingerprint density at radius 1 is 1.05 bits per heavy atom. The number of nitrogens with one attached hydrogen (secondary N) is 1. The first-order chi connectivity index (χ1) is 10.1. The molecule has 3 nitrogen and oxygen atoms in total. The van der Waals surface area contributed by atoms with Crippen molar-refractivity contribution < 1.29 is 4.79 Å². The molecule has 118 valence electrons. The molecule has 0 bridgehead atoms. The van der Waals surface area contributed by atoms with Gasteiger partial charge in [-0.15, -0.1) is 12.4 Å². The molecule has 0 aromatic heterocycles. The summed E-state index contributed by atoms with van der Waals surface area (Å²) in [5.74, 6) is 0.0472. The van der Waals surface area contributed by atoms with Crippen LogP contribution in [0.5, 0.6) is 0 Å². The molecule has 0 aliphatic carbocycles. The van der Waals surface area contributed by atoms with E-state index < -0.39 is 0 Å². The molecule has 2 aromatic carbocycles. The highest BCUT2D eigenvalue weighted by molar-refractivity contribution is 5.85. The summed E-state index contributed by atoms with van der Waals surface area (Å²) in [6, 6.07) is 13.7. The SMILES string of the molecule is Cc1cccc(C)c1CCNC(=O)Cc1ccc(N)cc1.Cl. The first kappa shape index (κ1) is 18.1. The molecule has 0 heterocycles. The van der Waals surface area contributed by atoms with Crippen molar-refractivity contribution in [2.45, 2.75) is 26.7 Å². The molecule has 0 saturated carbocycles. The standard InChI is InChI=1S/C18H22N2O.ClH/c1-13-4-3-5-14(2)17(13)10-11-20-18(21)12-15-6-8-16(19)9-7-15;/h3-9H,10-12,19H2,1-2H3,(H,20,21);1H. The Morgan fingerprint density at radius 2 is 1.64 bits per heavy atom. The molecule has 4 heteroatoms. The average Bonchev–Trinajstić information content (AvgIpc) is 2.45. The van der Waals surface area contributed by atoms with Crippen LogP contribution in [0.3, 0.4) is 0 Å². The summed E-state index contributed by atoms with van der Waals surface area (Å²) in [7, 11) is 0. The maximum Gasteiger partial charge on any atom is 0.224 e. The molecule has 0 saturated heterocycles. The quantitative estimate of drug-likeness (QED) is 0.832. The van der Waals surface area contributed by atoms with Crippen LogP contribution >= 0.6 is 12.4 Å². The summed E-state index contributed by atoms with van der Waals surface area (Å²) in [6.07, 6.45) is 1.26. The van der Waals surface area contributed by atoms with Gasteiger partial charge in [0.15, 0.2) is 0 Å². The zero-order chi connectivity index (χ0) is 15.2. The molecule has 0 atom stereocenters. The number of amides is 1. The van der Waals surface area contributed by atoms with E-state index in [1.54, 1.807) is 0 Å². The minimum atomic E-state index is 0. The van der Waals surface area contributed by atoms with Gasteiger partial charge in [0, 0.05) is 12.2 Å². The van der Waals surface area contributed by atoms with Gasteiger partial charge in [0.25, 0.3) is 0 Å². The number of nitrogen functional groups attached to an aromatic ring is 1. The van der Waals surface area contributed by atoms with Crippen molar-refractivity contribution in [3.8, 4) is 0 Å². The van der Waals surface area contributed by atoms with Gasteiger partial charge >= 0.3 is 0 Å². The summed E-state index contributed by atoms with van der Waals surface area (Å²) >= 11 is 0. The number of nitrogens with two attached hydrogens (primary N) is 1. The van der Waals surface area contributed by atoms with Gasteiger partial charge in [-0.3, -0.25) is 4.79 Å². The van der Waals surface area contributed by atoms with Crippen LogP contribution in [0.1, 0.15) is 22.3 Å². The fourth-order valence-corrected chi connectivity index (χ4v) is 2.45. The number of carbonyl (C=O) groups excluding carboxylic acids is 1. The highest BCUT2D eigenvalue weighted by Crippen LogP contribution is 2.13. The van der Waals surface area contributed by atoms with Crippen LogP contribution in [-0.4, -0.2) is 12.5 Å². The summed E-state index contributed by atoms with van der Waals surface area (Å²) in [5, 5.41) is 2.98. The number of anilines is 1. The predicted molar refractivity (Wildman–Crippen MR) is 94.4 cm³/mol. The number of hydrogen-bond donors (Lipinski definition) is 2. The van der Waals surface area contributed by atoms with E-state index in [-0.39, 0.29) is 18.3 Å². The van der Waals surface area contributed by atoms with E-state index >= 15 is 0 Å². The Labute approximate surface area is 138 Å². The fourth-order valence-electron chi connectivity index (χ4n) is 2.45. The molecule has 1 amide bonds. The van der Waals surface area contributed by atoms with Crippen molar-refractivity contribution in [3.63, 3.8) is 0 Å². The highest BCUT2D eigenvalue weighted by atomic mass is 35.5. The van der Waals surface area contributed by atoms with Crippen LogP contribution in [0.4, 0.5) is 5.69 Å². The Bertz CT molecular complexity index is 603. The average molecular weight is 319 g/mol. The van der Waals surface area contributed by atoms with E-state index in [0.29, 0.717) is 18.7 Å². The lowest BCUT2D eigenvalue weighted by molar-refractivity contribution is -0.120. The molecule has 0 radical (unpaired) electrons. The van der Waals surface area contributed by atoms with Gasteiger partial charge < -0.3 is 11.1 Å². The smallest absolute Gasteiger partial charge is 0.224 e. The summed E-state index contributed by atoms with van der Waals surface area (Å²) in [6.45, 7) is 4.89. The molecule has 0 fully saturated rings. The highest BCUT2D eigenvalue weighted by Gasteiger charge is 2.05. The second kappa shape index (κ2) is 8.44. The van der Waals surface area contributed by atoms with Crippen LogP contribution in [0, 0.1) is 13.8 Å². The van der Waals surface area contributed by atoms with Crippen molar-refractivity contribution in [3.05, 3.63) is 64.7 Å². The van der Waals surface area contributed by atoms with Gasteiger partial charge in [0.1, 0.15) is 0 Å². The third kappa shape index (κ3) is 5.08. The van der Waals surface area contributed by atoms with E-state index in [1.165, 1.54) is 16.7 Å². The monoisotopic (exact) mass is 318 g/mol. The first-order valence-corrected chi connectivity index (χ1v) is 7.22. The summed E-state index contributed by atoms with van der Waals surface area (Å²) < 4.78 is 0. The van der Waals surface area contributed by atoms with Gasteiger partial charge in [0.2, 0.25) is 5.91 Å². The molecule has 0 aliphatic heterocycles. The predicted octanol–water partition coefficient (Wildman–Crippen LogP) is 3.21. The second-order valence-corrected chi connectivity index (χ2v) is 5.39. The number of carbonyl (C=O) groups is 1. The zero-order valence-electron chi connectivity index (χ0n) is 13.1. The Balaban J connectivity index is 0.00000242. The molecule has 0 spiro atoms. The normalized spacial score (nSPS) is 9.91. The van der Waals surface area contributed by atoms with Gasteiger partial charge in [-0.05, 0) is 54.7 Å². The fraction of sp³-hybridized carbons (Fsp3) is 0.278. The van der Waals surface area contributed by atoms with E-state index in [1.807, 2.05) is 24.3 Å². The summed E-state index contributed by atoms with van der Waals surface area (Å²) in [5.41, 5.74) is 11.2. The van der Waals surface area contributed by atoms with Crippen LogP contribution in [0.2, 0.25) is 0 Å². The molecule has 2 rings (SSSR count). The van der Waals surface area contributed by atoms with Crippen molar-refractivity contribution in [1.29, 1.82) is 0 Å². The molecular formula is C18H23ClN2O. The van der Waals surface area contributed by atoms with Crippen molar-refractivity contribution >= 4 is 24.0 Å². The van der Waals surface area contributed by atoms with Gasteiger partial charge in [-0.2, -0.15) is 0 Å². The molecule has 3 N–H and O–H groups in total. The molecule has 0 unspecified atom stereocenters. The maximum atomic E-state index is 11.9. The van der Waals surface area contributed by atoms with Crippen LogP contribution in [0.25, 0.3) is 0 Å². The Kier molecular flexibility index (Phi) is 6.93. The van der Waals surface area contributed by atoms with Crippen LogP contribution in [-0.2, 0) is 17.6 Å². The molecule has 0 aliphatic rings. The van der Waals surface area contributed by atoms with E-state index in [2.05, 4.69) is 37.4 Å². The minimum Gasteiger partial charge on any atom is -0.399 e. The number of rotatable bonds is 5. The third-order valence-corrected chi connectivity index (χ3v) is 3.69. The van der Waals surface area contributed by atoms with Gasteiger partial charge in [-0.1, -0.05) is 30.3 Å². The maximum absolute atomic E-state index is 11.9. The molecule has 2 aromatic rings. The van der Waals surface area contributed by atoms with E-state index in [4.69, 9.17) is 5.73 Å². The van der Waals surface area contributed by atoms with E-state index in [0.717, 1.165) is 12.0 Å². The number of benzene rings is 2. The first-order valence-electron chi connectivity index (χ1n) is 7.22. The Morgan fingerprint density at radius 3 is 2.23 bits per heavy atom. The third-order valence-electron chi connectivity index (χ3n) is 3.69. The lowest BCUT2D eigenvalue weighted by atomic mass is 10.0. The molecular weight excluding hydrogens is 296 g/mol. The Hall–Kier alpha value is -2.00. The van der Waals surface area contributed by atoms with Crippen molar-refractivity contribution in [2.24, 2.45) is 0 Å². The van der Waals surface area contributed by atoms with Gasteiger partial charge in [0.05, 0.1) is 6.42 Å². The largest absolute Gasteiger partial charge is 0.399 e. The van der Waals surface area contributed by atoms with Gasteiger partial charge in [-0.25, -0.2) is 0 Å². The van der Waals surface area contributed by atoms with E-state index in [9.17, 15) is 4.79 Å². The van der Waals surface area contributed by atoms with Crippen LogP contribution < -0.4 is 11.1 Å². The number of aryl methyl sites for hydroxylation is 2. The lowest BCUT2D eigenvalue weighted by Gasteiger charge is -2.10. The lowest BCUT2D eigenvalue weighted by Crippen LogP contribution is -2.27. The number of hydrogen-bond acceptors (Lipinski definition) is 2. The summed E-state index contributed by atoms with van der Waals surface area (Å²) in [4.78, 5) is 11.9. The second-order valence-electron chi connectivity index (χ2n) is 5.39. The van der Waals surface area contributed by atoms with Crippen molar-refractivity contribution in [1.82, 2.24) is 5.32 Å². The zero-order valence-corrected chi connectivity index (χ0v) is 13.9. The topological polar surface area (TPSA) is 55.1 Å².